The van der Waals surface area contributed by atoms with Gasteiger partial charge in [0.25, 0.3) is 0 Å². The molecule has 0 radical (unpaired) electrons. The van der Waals surface area contributed by atoms with Crippen LogP contribution in [0.4, 0.5) is 0 Å². The van der Waals surface area contributed by atoms with Crippen molar-refractivity contribution in [2.45, 2.75) is 59.2 Å². The molecule has 19 heavy (non-hydrogen) atoms. The topological polar surface area (TPSA) is 15.3 Å². The SMILES string of the molecule is CCC1CN(Cc2ccc(C)c(C)c2)C(CC)CN1. The van der Waals surface area contributed by atoms with E-state index in [1.807, 2.05) is 0 Å². The molecular weight excluding hydrogens is 232 g/mol. The van der Waals surface area contributed by atoms with Crippen LogP contribution < -0.4 is 5.32 Å². The summed E-state index contributed by atoms with van der Waals surface area (Å²) in [5.41, 5.74) is 4.26. The van der Waals surface area contributed by atoms with Gasteiger partial charge in [0, 0.05) is 31.7 Å². The molecule has 0 bridgehead atoms. The largest absolute Gasteiger partial charge is 0.311 e. The predicted octanol–water partition coefficient (Wildman–Crippen LogP) is 3.27. The summed E-state index contributed by atoms with van der Waals surface area (Å²) in [4.78, 5) is 2.66. The average molecular weight is 260 g/mol. The van der Waals surface area contributed by atoms with Gasteiger partial charge in [0.2, 0.25) is 0 Å². The van der Waals surface area contributed by atoms with E-state index in [9.17, 15) is 0 Å². The normalized spacial score (nSPS) is 24.6. The fourth-order valence-corrected chi connectivity index (χ4v) is 2.93. The Labute approximate surface area is 118 Å². The van der Waals surface area contributed by atoms with Gasteiger partial charge in [-0.05, 0) is 43.4 Å². The maximum absolute atomic E-state index is 3.66. The molecule has 1 aromatic rings. The summed E-state index contributed by atoms with van der Waals surface area (Å²) in [6.07, 6.45) is 2.45. The summed E-state index contributed by atoms with van der Waals surface area (Å²) in [5.74, 6) is 0. The number of nitrogens with zero attached hydrogens (tertiary/aromatic N) is 1. The van der Waals surface area contributed by atoms with Crippen molar-refractivity contribution in [3.63, 3.8) is 0 Å². The second kappa shape index (κ2) is 6.53. The van der Waals surface area contributed by atoms with Gasteiger partial charge in [-0.2, -0.15) is 0 Å². The van der Waals surface area contributed by atoms with E-state index in [1.165, 1.54) is 36.1 Å². The monoisotopic (exact) mass is 260 g/mol. The second-order valence-corrected chi connectivity index (χ2v) is 5.92. The third-order valence-electron chi connectivity index (χ3n) is 4.53. The summed E-state index contributed by atoms with van der Waals surface area (Å²) in [5, 5.41) is 3.66. The average Bonchev–Trinajstić information content (AvgIpc) is 2.43. The van der Waals surface area contributed by atoms with Gasteiger partial charge >= 0.3 is 0 Å². The summed E-state index contributed by atoms with van der Waals surface area (Å²) in [7, 11) is 0. The highest BCUT2D eigenvalue weighted by molar-refractivity contribution is 5.29. The second-order valence-electron chi connectivity index (χ2n) is 5.92. The molecule has 0 spiro atoms. The lowest BCUT2D eigenvalue weighted by atomic mass is 10.0. The Morgan fingerprint density at radius 3 is 2.58 bits per heavy atom. The molecule has 2 unspecified atom stereocenters. The van der Waals surface area contributed by atoms with Crippen molar-refractivity contribution in [3.8, 4) is 0 Å². The van der Waals surface area contributed by atoms with Crippen molar-refractivity contribution < 1.29 is 0 Å². The molecule has 2 rings (SSSR count). The molecule has 1 fully saturated rings. The maximum Gasteiger partial charge on any atom is 0.0237 e. The lowest BCUT2D eigenvalue weighted by Gasteiger charge is -2.40. The molecule has 2 heteroatoms. The molecule has 1 aliphatic rings. The Balaban J connectivity index is 2.07. The molecule has 1 saturated heterocycles. The zero-order valence-electron chi connectivity index (χ0n) is 12.9. The summed E-state index contributed by atoms with van der Waals surface area (Å²) in [6.45, 7) is 12.4. The van der Waals surface area contributed by atoms with Crippen LogP contribution in [-0.2, 0) is 6.54 Å². The molecule has 1 N–H and O–H groups in total. The van der Waals surface area contributed by atoms with Crippen molar-refractivity contribution in [2.24, 2.45) is 0 Å². The molecule has 1 heterocycles. The van der Waals surface area contributed by atoms with Gasteiger partial charge in [0.15, 0.2) is 0 Å². The van der Waals surface area contributed by atoms with Gasteiger partial charge in [-0.15, -0.1) is 0 Å². The third-order valence-corrected chi connectivity index (χ3v) is 4.53. The van der Waals surface area contributed by atoms with Crippen molar-refractivity contribution in [2.75, 3.05) is 13.1 Å². The lowest BCUT2D eigenvalue weighted by molar-refractivity contribution is 0.117. The smallest absolute Gasteiger partial charge is 0.0237 e. The van der Waals surface area contributed by atoms with E-state index in [0.29, 0.717) is 12.1 Å². The van der Waals surface area contributed by atoms with Crippen molar-refractivity contribution in [1.29, 1.82) is 0 Å². The van der Waals surface area contributed by atoms with Gasteiger partial charge in [0.1, 0.15) is 0 Å². The first-order valence-corrected chi connectivity index (χ1v) is 7.67. The van der Waals surface area contributed by atoms with E-state index < -0.39 is 0 Å². The minimum absolute atomic E-state index is 0.661. The van der Waals surface area contributed by atoms with Crippen molar-refractivity contribution in [1.82, 2.24) is 10.2 Å². The highest BCUT2D eigenvalue weighted by Gasteiger charge is 2.25. The first-order valence-electron chi connectivity index (χ1n) is 7.67. The molecule has 1 aromatic carbocycles. The van der Waals surface area contributed by atoms with E-state index in [1.54, 1.807) is 0 Å². The van der Waals surface area contributed by atoms with Gasteiger partial charge in [-0.25, -0.2) is 0 Å². The summed E-state index contributed by atoms with van der Waals surface area (Å²) in [6, 6.07) is 8.24. The Morgan fingerprint density at radius 2 is 1.95 bits per heavy atom. The highest BCUT2D eigenvalue weighted by Crippen LogP contribution is 2.18. The Morgan fingerprint density at radius 1 is 1.16 bits per heavy atom. The summed E-state index contributed by atoms with van der Waals surface area (Å²) >= 11 is 0. The third kappa shape index (κ3) is 3.58. The molecule has 106 valence electrons. The van der Waals surface area contributed by atoms with Crippen LogP contribution in [0.15, 0.2) is 18.2 Å². The van der Waals surface area contributed by atoms with Crippen molar-refractivity contribution in [3.05, 3.63) is 34.9 Å². The number of aryl methyl sites for hydroxylation is 2. The molecule has 1 aliphatic heterocycles. The first kappa shape index (κ1) is 14.5. The van der Waals surface area contributed by atoms with Crippen LogP contribution in [-0.4, -0.2) is 30.1 Å². The quantitative estimate of drug-likeness (QED) is 0.894. The van der Waals surface area contributed by atoms with Gasteiger partial charge in [0.05, 0.1) is 0 Å². The van der Waals surface area contributed by atoms with Crippen LogP contribution >= 0.6 is 0 Å². The van der Waals surface area contributed by atoms with E-state index in [2.05, 4.69) is 56.1 Å². The van der Waals surface area contributed by atoms with Crippen LogP contribution in [0, 0.1) is 13.8 Å². The first-order chi connectivity index (χ1) is 9.13. The Bertz CT molecular complexity index is 414. The van der Waals surface area contributed by atoms with Crippen LogP contribution in [0.1, 0.15) is 43.4 Å². The minimum Gasteiger partial charge on any atom is -0.311 e. The van der Waals surface area contributed by atoms with Crippen LogP contribution in [0.3, 0.4) is 0 Å². The van der Waals surface area contributed by atoms with Gasteiger partial charge < -0.3 is 5.32 Å². The van der Waals surface area contributed by atoms with E-state index in [-0.39, 0.29) is 0 Å². The number of nitrogens with one attached hydrogen (secondary N) is 1. The van der Waals surface area contributed by atoms with E-state index >= 15 is 0 Å². The number of rotatable bonds is 4. The number of benzene rings is 1. The number of hydrogen-bond acceptors (Lipinski definition) is 2. The standard InChI is InChI=1S/C17H28N2/c1-5-16-12-19(17(6-2)10-18-16)11-15-8-7-13(3)14(4)9-15/h7-9,16-18H,5-6,10-12H2,1-4H3. The van der Waals surface area contributed by atoms with Gasteiger partial charge in [-0.1, -0.05) is 32.0 Å². The molecule has 2 atom stereocenters. The van der Waals surface area contributed by atoms with Gasteiger partial charge in [-0.3, -0.25) is 4.90 Å². The highest BCUT2D eigenvalue weighted by atomic mass is 15.2. The Kier molecular flexibility index (Phi) is 5.00. The van der Waals surface area contributed by atoms with E-state index in [4.69, 9.17) is 0 Å². The van der Waals surface area contributed by atoms with Crippen LogP contribution in [0.2, 0.25) is 0 Å². The molecule has 0 aromatic heterocycles. The zero-order chi connectivity index (χ0) is 13.8. The molecule has 0 aliphatic carbocycles. The molecule has 0 amide bonds. The maximum atomic E-state index is 3.66. The van der Waals surface area contributed by atoms with E-state index in [0.717, 1.165) is 13.1 Å². The molecule has 2 nitrogen and oxygen atoms in total. The number of hydrogen-bond donors (Lipinski definition) is 1. The fraction of sp³-hybridized carbons (Fsp3) is 0.647. The molecular formula is C17H28N2. The van der Waals surface area contributed by atoms with Crippen molar-refractivity contribution >= 4 is 0 Å². The number of piperazine rings is 1. The van der Waals surface area contributed by atoms with Crippen LogP contribution in [0.25, 0.3) is 0 Å². The minimum atomic E-state index is 0.661. The molecule has 0 saturated carbocycles. The summed E-state index contributed by atoms with van der Waals surface area (Å²) < 4.78 is 0. The Hall–Kier alpha value is -0.860. The predicted molar refractivity (Wildman–Crippen MR) is 82.5 cm³/mol. The van der Waals surface area contributed by atoms with Crippen LogP contribution in [0.5, 0.6) is 0 Å². The fourth-order valence-electron chi connectivity index (χ4n) is 2.93. The zero-order valence-corrected chi connectivity index (χ0v) is 12.9. The lowest BCUT2D eigenvalue weighted by Crippen LogP contribution is -2.55.